The molecule has 2 N–H and O–H groups in total. The van der Waals surface area contributed by atoms with Gasteiger partial charge >= 0.3 is 0 Å². The van der Waals surface area contributed by atoms with Gasteiger partial charge in [-0.1, -0.05) is 0 Å². The van der Waals surface area contributed by atoms with Crippen molar-refractivity contribution in [3.05, 3.63) is 48.0 Å². The second-order valence-corrected chi connectivity index (χ2v) is 5.44. The maximum absolute atomic E-state index is 13.9. The van der Waals surface area contributed by atoms with Crippen molar-refractivity contribution in [2.24, 2.45) is 0 Å². The van der Waals surface area contributed by atoms with Crippen molar-refractivity contribution in [1.29, 1.82) is 0 Å². The highest BCUT2D eigenvalue weighted by Crippen LogP contribution is 2.25. The Morgan fingerprint density at radius 2 is 2.08 bits per heavy atom. The average molecular weight is 345 g/mol. The molecule has 0 aliphatic carbocycles. The van der Waals surface area contributed by atoms with Crippen LogP contribution in [-0.4, -0.2) is 29.1 Å². The van der Waals surface area contributed by atoms with E-state index >= 15 is 0 Å². The molecule has 7 heteroatoms. The van der Waals surface area contributed by atoms with Crippen molar-refractivity contribution in [3.8, 4) is 11.4 Å². The summed E-state index contributed by atoms with van der Waals surface area (Å²) in [6, 6.07) is 8.29. The molecule has 0 saturated heterocycles. The third kappa shape index (κ3) is 4.00. The molecule has 25 heavy (non-hydrogen) atoms. The lowest BCUT2D eigenvalue weighted by atomic mass is 10.2. The molecule has 0 aliphatic heterocycles. The highest BCUT2D eigenvalue weighted by molar-refractivity contribution is 5.93. The number of hydrogen-bond acceptors (Lipinski definition) is 3. The summed E-state index contributed by atoms with van der Waals surface area (Å²) in [6.07, 6.45) is 0.259. The molecule has 1 aromatic heterocycles. The zero-order chi connectivity index (χ0) is 17.8. The maximum Gasteiger partial charge on any atom is 0.226 e. The summed E-state index contributed by atoms with van der Waals surface area (Å²) in [6.45, 7) is 2.79. The average Bonchev–Trinajstić information content (AvgIpc) is 3.00. The Kier molecular flexibility index (Phi) is 5.04. The third-order valence-corrected chi connectivity index (χ3v) is 3.63. The van der Waals surface area contributed by atoms with Crippen LogP contribution in [-0.2, 0) is 9.53 Å². The van der Waals surface area contributed by atoms with E-state index in [9.17, 15) is 13.6 Å². The quantitative estimate of drug-likeness (QED) is 0.667. The van der Waals surface area contributed by atoms with Gasteiger partial charge in [-0.2, -0.15) is 0 Å². The van der Waals surface area contributed by atoms with Gasteiger partial charge in [-0.05, 0) is 43.3 Å². The molecule has 1 heterocycles. The molecule has 3 rings (SSSR count). The second kappa shape index (κ2) is 7.40. The molecule has 0 fully saturated rings. The van der Waals surface area contributed by atoms with E-state index in [2.05, 4.69) is 15.3 Å². The van der Waals surface area contributed by atoms with Crippen molar-refractivity contribution in [1.82, 2.24) is 9.97 Å². The number of fused-ring (bicyclic) bond motifs is 1. The van der Waals surface area contributed by atoms with Gasteiger partial charge in [-0.25, -0.2) is 13.8 Å². The molecule has 5 nitrogen and oxygen atoms in total. The predicted molar refractivity (Wildman–Crippen MR) is 91.2 cm³/mol. The summed E-state index contributed by atoms with van der Waals surface area (Å²) < 4.78 is 32.4. The van der Waals surface area contributed by atoms with Crippen molar-refractivity contribution in [3.63, 3.8) is 0 Å². The van der Waals surface area contributed by atoms with E-state index in [1.54, 1.807) is 18.2 Å². The maximum atomic E-state index is 13.9. The topological polar surface area (TPSA) is 67.0 Å². The van der Waals surface area contributed by atoms with E-state index in [1.807, 2.05) is 6.92 Å². The molecule has 1 amide bonds. The van der Waals surface area contributed by atoms with Crippen LogP contribution in [0.4, 0.5) is 14.5 Å². The number of carbonyl (C=O) groups is 1. The van der Waals surface area contributed by atoms with Gasteiger partial charge in [0, 0.05) is 12.3 Å². The van der Waals surface area contributed by atoms with Gasteiger partial charge in [-0.3, -0.25) is 4.79 Å². The highest BCUT2D eigenvalue weighted by Gasteiger charge is 2.12. The normalized spacial score (nSPS) is 11.0. The standard InChI is InChI=1S/C18H17F2N3O2/c1-2-25-8-7-17(24)21-12-4-6-15-16(10-12)23-18(22-15)13-9-11(19)3-5-14(13)20/h3-6,9-10H,2,7-8H2,1H3,(H,21,24)(H,22,23). The van der Waals surface area contributed by atoms with Gasteiger partial charge in [-0.15, -0.1) is 0 Å². The number of aromatic nitrogens is 2. The molecule has 0 saturated carbocycles. The Morgan fingerprint density at radius 3 is 2.88 bits per heavy atom. The number of amides is 1. The SMILES string of the molecule is CCOCCC(=O)Nc1ccc2nc(-c3cc(F)ccc3F)[nH]c2c1. The van der Waals surface area contributed by atoms with Gasteiger partial charge in [0.25, 0.3) is 0 Å². The Labute approximate surface area is 143 Å². The summed E-state index contributed by atoms with van der Waals surface area (Å²) in [5, 5.41) is 2.76. The fraction of sp³-hybridized carbons (Fsp3) is 0.222. The van der Waals surface area contributed by atoms with Crippen LogP contribution in [0.25, 0.3) is 22.4 Å². The fourth-order valence-electron chi connectivity index (χ4n) is 2.43. The number of ether oxygens (including phenoxy) is 1. The van der Waals surface area contributed by atoms with E-state index in [-0.39, 0.29) is 23.7 Å². The minimum Gasteiger partial charge on any atom is -0.381 e. The number of hydrogen-bond donors (Lipinski definition) is 2. The molecule has 2 aromatic carbocycles. The number of carbonyl (C=O) groups excluding carboxylic acids is 1. The molecule has 3 aromatic rings. The van der Waals surface area contributed by atoms with Crippen LogP contribution in [0.3, 0.4) is 0 Å². The number of nitrogens with one attached hydrogen (secondary N) is 2. The number of anilines is 1. The number of rotatable bonds is 6. The van der Waals surface area contributed by atoms with Crippen molar-refractivity contribution in [2.75, 3.05) is 18.5 Å². The van der Waals surface area contributed by atoms with Gasteiger partial charge in [0.2, 0.25) is 5.91 Å². The molecule has 0 spiro atoms. The summed E-state index contributed by atoms with van der Waals surface area (Å²) in [7, 11) is 0. The van der Waals surface area contributed by atoms with Crippen LogP contribution in [0, 0.1) is 11.6 Å². The molecule has 0 unspecified atom stereocenters. The summed E-state index contributed by atoms with van der Waals surface area (Å²) in [4.78, 5) is 19.0. The number of H-pyrrole nitrogens is 1. The first-order chi connectivity index (χ1) is 12.1. The minimum absolute atomic E-state index is 0.0542. The van der Waals surface area contributed by atoms with Crippen molar-refractivity contribution < 1.29 is 18.3 Å². The Hall–Kier alpha value is -2.80. The highest BCUT2D eigenvalue weighted by atomic mass is 19.1. The van der Waals surface area contributed by atoms with Gasteiger partial charge in [0.15, 0.2) is 0 Å². The molecule has 0 bridgehead atoms. The number of aromatic amines is 1. The predicted octanol–water partition coefficient (Wildman–Crippen LogP) is 3.87. The third-order valence-electron chi connectivity index (χ3n) is 3.63. The zero-order valence-electron chi connectivity index (χ0n) is 13.6. The van der Waals surface area contributed by atoms with E-state index in [0.29, 0.717) is 29.9 Å². The van der Waals surface area contributed by atoms with E-state index in [4.69, 9.17) is 4.74 Å². The lowest BCUT2D eigenvalue weighted by molar-refractivity contribution is -0.117. The van der Waals surface area contributed by atoms with Crippen LogP contribution < -0.4 is 5.32 Å². The Balaban J connectivity index is 1.82. The van der Waals surface area contributed by atoms with E-state index in [1.165, 1.54) is 0 Å². The molecule has 0 atom stereocenters. The van der Waals surface area contributed by atoms with Gasteiger partial charge in [0.1, 0.15) is 17.5 Å². The molecular formula is C18H17F2N3O2. The van der Waals surface area contributed by atoms with Gasteiger partial charge < -0.3 is 15.0 Å². The van der Waals surface area contributed by atoms with Crippen LogP contribution in [0.1, 0.15) is 13.3 Å². The number of halogens is 2. The molecule has 130 valence electrons. The van der Waals surface area contributed by atoms with Crippen LogP contribution >= 0.6 is 0 Å². The number of benzene rings is 2. The minimum atomic E-state index is -0.565. The van der Waals surface area contributed by atoms with E-state index < -0.39 is 11.6 Å². The van der Waals surface area contributed by atoms with Crippen LogP contribution in [0.15, 0.2) is 36.4 Å². The largest absolute Gasteiger partial charge is 0.381 e. The lowest BCUT2D eigenvalue weighted by Crippen LogP contribution is -2.14. The number of imidazole rings is 1. The Bertz CT molecular complexity index is 908. The summed E-state index contributed by atoms with van der Waals surface area (Å²) in [5.74, 6) is -1.04. The monoisotopic (exact) mass is 345 g/mol. The van der Waals surface area contributed by atoms with Crippen molar-refractivity contribution in [2.45, 2.75) is 13.3 Å². The fourth-order valence-corrected chi connectivity index (χ4v) is 2.43. The first-order valence-electron chi connectivity index (χ1n) is 7.89. The Morgan fingerprint density at radius 1 is 1.24 bits per heavy atom. The summed E-state index contributed by atoms with van der Waals surface area (Å²) in [5.41, 5.74) is 1.84. The smallest absolute Gasteiger partial charge is 0.226 e. The van der Waals surface area contributed by atoms with Crippen molar-refractivity contribution >= 4 is 22.6 Å². The first-order valence-corrected chi connectivity index (χ1v) is 7.89. The van der Waals surface area contributed by atoms with Gasteiger partial charge in [0.05, 0.1) is 29.6 Å². The number of nitrogens with zero attached hydrogens (tertiary/aromatic N) is 1. The molecule has 0 aliphatic rings. The molecular weight excluding hydrogens is 328 g/mol. The first kappa shape index (κ1) is 17.0. The lowest BCUT2D eigenvalue weighted by Gasteiger charge is -2.05. The van der Waals surface area contributed by atoms with E-state index in [0.717, 1.165) is 18.2 Å². The van der Waals surface area contributed by atoms with Crippen LogP contribution in [0.5, 0.6) is 0 Å². The zero-order valence-corrected chi connectivity index (χ0v) is 13.6. The summed E-state index contributed by atoms with van der Waals surface area (Å²) >= 11 is 0. The van der Waals surface area contributed by atoms with Crippen LogP contribution in [0.2, 0.25) is 0 Å². The second-order valence-electron chi connectivity index (χ2n) is 5.44. The molecule has 0 radical (unpaired) electrons.